The van der Waals surface area contributed by atoms with Gasteiger partial charge in [-0.05, 0) is 32.4 Å². The fraction of sp³-hybridized carbons (Fsp3) is 0.414. The molecule has 3 aromatic rings. The lowest BCUT2D eigenvalue weighted by molar-refractivity contribution is -0.220. The van der Waals surface area contributed by atoms with E-state index in [1.54, 1.807) is 6.07 Å². The number of benzene rings is 2. The van der Waals surface area contributed by atoms with Crippen molar-refractivity contribution >= 4 is 17.6 Å². The molecule has 0 spiro atoms. The molecule has 4 rings (SSSR count). The number of amides is 1. The van der Waals surface area contributed by atoms with E-state index in [2.05, 4.69) is 9.97 Å². The number of hydrogen-bond acceptors (Lipinski definition) is 9. The highest BCUT2D eigenvalue weighted by atomic mass is 19.1. The molecule has 1 aliphatic heterocycles. The van der Waals surface area contributed by atoms with Crippen LogP contribution in [0.1, 0.15) is 26.3 Å². The number of rotatable bonds is 10. The number of aromatic nitrogens is 2. The molecule has 1 atom stereocenters. The zero-order valence-corrected chi connectivity index (χ0v) is 23.6. The zero-order valence-electron chi connectivity index (χ0n) is 23.6. The molecule has 10 nitrogen and oxygen atoms in total. The second kappa shape index (κ2) is 13.7. The lowest BCUT2D eigenvalue weighted by Crippen LogP contribution is -2.57. The molecule has 0 bridgehead atoms. The van der Waals surface area contributed by atoms with Gasteiger partial charge in [0.05, 0.1) is 26.3 Å². The summed E-state index contributed by atoms with van der Waals surface area (Å²) in [5.41, 5.74) is 0.0104. The quantitative estimate of drug-likeness (QED) is 0.318. The van der Waals surface area contributed by atoms with Gasteiger partial charge in [0.2, 0.25) is 0 Å². The van der Waals surface area contributed by atoms with Gasteiger partial charge in [0.25, 0.3) is 0 Å². The molecule has 1 aromatic heterocycles. The molecule has 2 aromatic carbocycles. The molecule has 2 heterocycles. The first kappa shape index (κ1) is 30.1. The Morgan fingerprint density at radius 3 is 2.44 bits per heavy atom. The maximum Gasteiger partial charge on any atom is 0.435 e. The van der Waals surface area contributed by atoms with E-state index in [0.717, 1.165) is 17.7 Å². The highest BCUT2D eigenvalue weighted by molar-refractivity contribution is 5.87. The maximum atomic E-state index is 15.2. The first-order valence-corrected chi connectivity index (χ1v) is 13.2. The number of nitrogens with zero attached hydrogens (tertiary/aromatic N) is 5. The number of methoxy groups -OCH3 is 1. The Labute approximate surface area is 238 Å². The number of carbonyl (C=O) groups excluding carboxylic acids is 1. The Balaban J connectivity index is 1.55. The van der Waals surface area contributed by atoms with Crippen LogP contribution < -0.4 is 14.5 Å². The van der Waals surface area contributed by atoms with E-state index in [-0.39, 0.29) is 50.9 Å². The minimum Gasteiger partial charge on any atom is -0.491 e. The Hall–Kier alpha value is -3.87. The molecule has 41 heavy (non-hydrogen) atoms. The van der Waals surface area contributed by atoms with Crippen molar-refractivity contribution in [3.8, 4) is 5.75 Å². The predicted molar refractivity (Wildman–Crippen MR) is 148 cm³/mol. The van der Waals surface area contributed by atoms with Crippen LogP contribution in [-0.2, 0) is 20.9 Å². The topological polar surface area (TPSA) is 89.5 Å². The van der Waals surface area contributed by atoms with Gasteiger partial charge >= 0.3 is 6.09 Å². The van der Waals surface area contributed by atoms with E-state index in [1.165, 1.54) is 34.5 Å². The van der Waals surface area contributed by atoms with E-state index in [4.69, 9.17) is 19.0 Å². The van der Waals surface area contributed by atoms with E-state index in [1.807, 2.05) is 51.1 Å². The normalized spacial score (nSPS) is 16.0. The number of halogens is 2. The second-order valence-corrected chi connectivity index (χ2v) is 10.3. The number of hydrogen-bond donors (Lipinski definition) is 0. The minimum absolute atomic E-state index is 0.0286. The highest BCUT2D eigenvalue weighted by Crippen LogP contribution is 2.31. The number of ether oxygens (including phenoxy) is 3. The number of anilines is 2. The fourth-order valence-corrected chi connectivity index (χ4v) is 4.38. The Kier molecular flexibility index (Phi) is 10.0. The standard InChI is InChI=1S/C29H35F2N5O5/c1-29(2,3)36(25-10-11-32-20-33-25)28(37)41-35-13-12-34(18-26(35)40-19-21-8-6-5-7-9-21)27-23(30)16-22(17-24(27)31)39-15-14-38-4/h5-11,16-17,20,26H,12-15,18-19H2,1-4H3. The van der Waals surface area contributed by atoms with Crippen LogP contribution in [-0.4, -0.2) is 72.8 Å². The summed E-state index contributed by atoms with van der Waals surface area (Å²) in [5.74, 6) is -1.10. The van der Waals surface area contributed by atoms with Gasteiger partial charge in [-0.2, -0.15) is 0 Å². The lowest BCUT2D eigenvalue weighted by atomic mass is 10.1. The van der Waals surface area contributed by atoms with Gasteiger partial charge < -0.3 is 23.9 Å². The third-order valence-corrected chi connectivity index (χ3v) is 6.28. The van der Waals surface area contributed by atoms with Crippen molar-refractivity contribution < 1.29 is 32.6 Å². The molecule has 1 amide bonds. The smallest absolute Gasteiger partial charge is 0.435 e. The summed E-state index contributed by atoms with van der Waals surface area (Å²) in [6, 6.07) is 13.3. The molecule has 0 N–H and O–H groups in total. The molecule has 12 heteroatoms. The van der Waals surface area contributed by atoms with Crippen LogP contribution in [0.2, 0.25) is 0 Å². The van der Waals surface area contributed by atoms with Crippen molar-refractivity contribution in [1.82, 2.24) is 15.0 Å². The Morgan fingerprint density at radius 2 is 1.80 bits per heavy atom. The summed E-state index contributed by atoms with van der Waals surface area (Å²) < 4.78 is 46.8. The van der Waals surface area contributed by atoms with Gasteiger partial charge in [0.1, 0.15) is 30.2 Å². The first-order valence-electron chi connectivity index (χ1n) is 13.2. The van der Waals surface area contributed by atoms with Gasteiger partial charge in [0, 0.05) is 37.5 Å². The first-order chi connectivity index (χ1) is 19.7. The molecular weight excluding hydrogens is 536 g/mol. The molecule has 220 valence electrons. The van der Waals surface area contributed by atoms with Crippen molar-refractivity contribution in [3.63, 3.8) is 0 Å². The number of piperazine rings is 1. The van der Waals surface area contributed by atoms with E-state index < -0.39 is 29.5 Å². The third kappa shape index (κ3) is 7.87. The summed E-state index contributed by atoms with van der Waals surface area (Å²) in [5, 5.41) is 1.40. The molecule has 1 unspecified atom stereocenters. The van der Waals surface area contributed by atoms with Gasteiger partial charge in [-0.15, -0.1) is 5.06 Å². The van der Waals surface area contributed by atoms with E-state index in [9.17, 15) is 4.79 Å². The average molecular weight is 572 g/mol. The summed E-state index contributed by atoms with van der Waals surface area (Å²) in [6.07, 6.45) is 1.38. The third-order valence-electron chi connectivity index (χ3n) is 6.28. The zero-order chi connectivity index (χ0) is 29.4. The maximum absolute atomic E-state index is 15.2. The summed E-state index contributed by atoms with van der Waals surface area (Å²) in [4.78, 5) is 30.4. The molecule has 0 aliphatic carbocycles. The summed E-state index contributed by atoms with van der Waals surface area (Å²) in [6.45, 7) is 6.52. The van der Waals surface area contributed by atoms with Crippen molar-refractivity contribution in [2.75, 3.05) is 49.8 Å². The highest BCUT2D eigenvalue weighted by Gasteiger charge is 2.37. The van der Waals surface area contributed by atoms with Crippen LogP contribution >= 0.6 is 0 Å². The van der Waals surface area contributed by atoms with Crippen LogP contribution in [0, 0.1) is 11.6 Å². The molecule has 1 fully saturated rings. The van der Waals surface area contributed by atoms with Crippen LogP contribution in [0.25, 0.3) is 0 Å². The lowest BCUT2D eigenvalue weighted by Gasteiger charge is -2.42. The molecule has 0 radical (unpaired) electrons. The Bertz CT molecular complexity index is 1260. The summed E-state index contributed by atoms with van der Waals surface area (Å²) >= 11 is 0. The van der Waals surface area contributed by atoms with Crippen molar-refractivity contribution in [2.24, 2.45) is 0 Å². The molecule has 1 saturated heterocycles. The number of hydroxylamine groups is 2. The van der Waals surface area contributed by atoms with Crippen LogP contribution in [0.4, 0.5) is 25.1 Å². The largest absolute Gasteiger partial charge is 0.491 e. The molecule has 0 saturated carbocycles. The molecular formula is C29H35F2N5O5. The van der Waals surface area contributed by atoms with Crippen LogP contribution in [0.15, 0.2) is 61.1 Å². The van der Waals surface area contributed by atoms with Gasteiger partial charge in [-0.25, -0.2) is 23.5 Å². The van der Waals surface area contributed by atoms with E-state index >= 15 is 8.78 Å². The van der Waals surface area contributed by atoms with Gasteiger partial charge in [0.15, 0.2) is 17.9 Å². The minimum atomic E-state index is -0.837. The monoisotopic (exact) mass is 571 g/mol. The predicted octanol–water partition coefficient (Wildman–Crippen LogP) is 4.80. The Morgan fingerprint density at radius 1 is 1.07 bits per heavy atom. The fourth-order valence-electron chi connectivity index (χ4n) is 4.38. The van der Waals surface area contributed by atoms with Gasteiger partial charge in [-0.3, -0.25) is 4.90 Å². The number of carbonyl (C=O) groups is 1. The van der Waals surface area contributed by atoms with E-state index in [0.29, 0.717) is 5.82 Å². The molecule has 1 aliphatic rings. The van der Waals surface area contributed by atoms with Crippen molar-refractivity contribution in [3.05, 3.63) is 78.3 Å². The van der Waals surface area contributed by atoms with Crippen LogP contribution in [0.3, 0.4) is 0 Å². The van der Waals surface area contributed by atoms with Crippen molar-refractivity contribution in [2.45, 2.75) is 39.1 Å². The second-order valence-electron chi connectivity index (χ2n) is 10.3. The SMILES string of the molecule is COCCOc1cc(F)c(N2CCN(OC(=O)N(c3ccncn3)C(C)(C)C)C(OCc3ccccc3)C2)c(F)c1. The summed E-state index contributed by atoms with van der Waals surface area (Å²) in [7, 11) is 1.51. The average Bonchev–Trinajstić information content (AvgIpc) is 2.93. The van der Waals surface area contributed by atoms with Crippen molar-refractivity contribution in [1.29, 1.82) is 0 Å². The van der Waals surface area contributed by atoms with Gasteiger partial charge in [-0.1, -0.05) is 30.3 Å². The van der Waals surface area contributed by atoms with Crippen LogP contribution in [0.5, 0.6) is 5.75 Å².